The fourth-order valence-electron chi connectivity index (χ4n) is 5.41. The fourth-order valence-corrected chi connectivity index (χ4v) is 5.41. The highest BCUT2D eigenvalue weighted by atomic mass is 19.1. The molecule has 0 aliphatic heterocycles. The lowest BCUT2D eigenvalue weighted by molar-refractivity contribution is -0.612. The van der Waals surface area contributed by atoms with Crippen molar-refractivity contribution in [2.45, 2.75) is 66.0 Å². The summed E-state index contributed by atoms with van der Waals surface area (Å²) >= 11 is 0. The molecule has 9 nitrogen and oxygen atoms in total. The minimum absolute atomic E-state index is 0.0157. The predicted octanol–water partition coefficient (Wildman–Crippen LogP) is 4.16. The van der Waals surface area contributed by atoms with Crippen molar-refractivity contribution in [1.82, 2.24) is 20.1 Å². The van der Waals surface area contributed by atoms with E-state index in [2.05, 4.69) is 20.7 Å². The van der Waals surface area contributed by atoms with Crippen LogP contribution < -0.4 is 15.4 Å². The van der Waals surface area contributed by atoms with Crippen LogP contribution in [0.1, 0.15) is 61.3 Å². The summed E-state index contributed by atoms with van der Waals surface area (Å²) < 4.78 is 17.5. The van der Waals surface area contributed by atoms with Crippen molar-refractivity contribution in [2.75, 3.05) is 5.32 Å². The van der Waals surface area contributed by atoms with Gasteiger partial charge in [0.2, 0.25) is 11.9 Å². The van der Waals surface area contributed by atoms with Crippen LogP contribution in [0.4, 0.5) is 10.2 Å². The van der Waals surface area contributed by atoms with Crippen LogP contribution in [0.5, 0.6) is 0 Å². The van der Waals surface area contributed by atoms with Crippen molar-refractivity contribution in [1.29, 1.82) is 0 Å². The van der Waals surface area contributed by atoms with Crippen molar-refractivity contribution in [3.05, 3.63) is 64.8 Å². The van der Waals surface area contributed by atoms with E-state index >= 15 is 4.39 Å². The summed E-state index contributed by atoms with van der Waals surface area (Å²) in [5.74, 6) is -0.430. The number of carbonyl (C=O) groups excluding carboxylic acids is 2. The highest BCUT2D eigenvalue weighted by Crippen LogP contribution is 2.51. The Labute approximate surface area is 227 Å². The Morgan fingerprint density at radius 2 is 1.82 bits per heavy atom. The summed E-state index contributed by atoms with van der Waals surface area (Å²) in [7, 11) is 0. The lowest BCUT2D eigenvalue weighted by atomic mass is 9.88. The third-order valence-electron chi connectivity index (χ3n) is 7.58. The number of pyridine rings is 2. The molecule has 1 atom stereocenters. The van der Waals surface area contributed by atoms with Crippen molar-refractivity contribution in [3.8, 4) is 11.1 Å². The van der Waals surface area contributed by atoms with Gasteiger partial charge in [-0.1, -0.05) is 13.8 Å². The summed E-state index contributed by atoms with van der Waals surface area (Å²) in [6.07, 6.45) is 7.14. The quantitative estimate of drug-likeness (QED) is 0.230. The van der Waals surface area contributed by atoms with Crippen molar-refractivity contribution in [3.63, 3.8) is 0 Å². The first kappa shape index (κ1) is 26.8. The van der Waals surface area contributed by atoms with Crippen LogP contribution in [0.25, 0.3) is 11.1 Å². The van der Waals surface area contributed by atoms with Gasteiger partial charge in [-0.15, -0.1) is 0 Å². The highest BCUT2D eigenvalue weighted by Gasteiger charge is 2.48. The molecule has 3 heterocycles. The maximum atomic E-state index is 15.2. The second-order valence-corrected chi connectivity index (χ2v) is 11.4. The zero-order valence-electron chi connectivity index (χ0n) is 22.8. The molecule has 0 bridgehead atoms. The van der Waals surface area contributed by atoms with Gasteiger partial charge in [0.25, 0.3) is 5.91 Å². The first-order valence-corrected chi connectivity index (χ1v) is 13.6. The molecule has 2 fully saturated rings. The maximum absolute atomic E-state index is 15.2. The maximum Gasteiger partial charge on any atom is 0.270 e. The average molecular weight is 535 g/mol. The Morgan fingerprint density at radius 1 is 1.13 bits per heavy atom. The van der Waals surface area contributed by atoms with Gasteiger partial charge in [0.15, 0.2) is 11.9 Å². The first-order chi connectivity index (χ1) is 18.6. The van der Waals surface area contributed by atoms with E-state index < -0.39 is 17.9 Å². The molecule has 206 valence electrons. The molecule has 0 radical (unpaired) electrons. The molecule has 2 aliphatic carbocycles. The summed E-state index contributed by atoms with van der Waals surface area (Å²) in [5, 5.41) is 22.2. The molecule has 2 aliphatic rings. The molecule has 0 unspecified atom stereocenters. The van der Waals surface area contributed by atoms with Gasteiger partial charge in [-0.2, -0.15) is 14.2 Å². The summed E-state index contributed by atoms with van der Waals surface area (Å²) in [4.78, 5) is 31.0. The van der Waals surface area contributed by atoms with Crippen LogP contribution in [-0.2, 0) is 11.3 Å². The number of nitrogens with zero attached hydrogens (tertiary/aromatic N) is 4. The second-order valence-electron chi connectivity index (χ2n) is 11.4. The average Bonchev–Trinajstić information content (AvgIpc) is 3.81. The smallest absolute Gasteiger partial charge is 0.270 e. The minimum atomic E-state index is -0.791. The summed E-state index contributed by atoms with van der Waals surface area (Å²) in [5.41, 5.74) is 2.08. The van der Waals surface area contributed by atoms with E-state index in [-0.39, 0.29) is 23.2 Å². The molecule has 39 heavy (non-hydrogen) atoms. The lowest BCUT2D eigenvalue weighted by Crippen LogP contribution is -2.50. The largest absolute Gasteiger partial charge is 0.618 e. The van der Waals surface area contributed by atoms with Crippen LogP contribution in [0, 0.1) is 48.7 Å². The lowest BCUT2D eigenvalue weighted by Gasteiger charge is -2.27. The SMILES string of the molecule is Cc1cc(-c2ccc(NC(=O)[C@@H](NC(=O)c3ccnn3CC(C)C)C(C3CC3)C3CC3)nc2F)c(C)[n+]([O-])c1. The third kappa shape index (κ3) is 5.94. The Hall–Kier alpha value is -3.82. The zero-order chi connectivity index (χ0) is 27.8. The standard InChI is InChI=1S/C29H35FN6O3/c1-16(2)14-35-23(11-12-31-35)28(37)34-26(25(19-5-6-19)20-7-8-20)29(38)33-24-10-9-21(27(30)32-24)22-13-17(3)15-36(39)18(22)4/h9-13,15-16,19-20,25-26H,5-8,14H2,1-4H3,(H,34,37)(H,32,33,38)/t26-/m0/s1. The van der Waals surface area contributed by atoms with E-state index in [4.69, 9.17) is 0 Å². The Kier molecular flexibility index (Phi) is 7.38. The molecular formula is C29H35FN6O3. The second kappa shape index (κ2) is 10.7. The topological polar surface area (TPSA) is 116 Å². The van der Waals surface area contributed by atoms with Gasteiger partial charge in [0, 0.05) is 30.8 Å². The Balaban J connectivity index is 1.39. The molecule has 2 amide bonds. The molecule has 3 aromatic rings. The van der Waals surface area contributed by atoms with E-state index in [0.29, 0.717) is 51.5 Å². The molecule has 0 saturated heterocycles. The van der Waals surface area contributed by atoms with Crippen molar-refractivity contribution in [2.24, 2.45) is 23.7 Å². The molecule has 2 saturated carbocycles. The molecule has 5 rings (SSSR count). The van der Waals surface area contributed by atoms with E-state index in [1.54, 1.807) is 36.9 Å². The Bertz CT molecular complexity index is 1380. The monoisotopic (exact) mass is 534 g/mol. The van der Waals surface area contributed by atoms with Gasteiger partial charge in [0.05, 0.1) is 5.56 Å². The molecule has 3 aromatic heterocycles. The Morgan fingerprint density at radius 3 is 2.44 bits per heavy atom. The molecule has 10 heteroatoms. The van der Waals surface area contributed by atoms with Gasteiger partial charge in [-0.3, -0.25) is 14.3 Å². The van der Waals surface area contributed by atoms with Gasteiger partial charge in [-0.25, -0.2) is 4.98 Å². The number of hydrogen-bond acceptors (Lipinski definition) is 5. The number of anilines is 1. The van der Waals surface area contributed by atoms with E-state index in [1.165, 1.54) is 18.3 Å². The molecule has 0 spiro atoms. The predicted molar refractivity (Wildman–Crippen MR) is 144 cm³/mol. The number of amides is 2. The number of hydrogen-bond donors (Lipinski definition) is 2. The fraction of sp³-hybridized carbons (Fsp3) is 0.483. The van der Waals surface area contributed by atoms with Crippen molar-refractivity contribution < 1.29 is 18.7 Å². The van der Waals surface area contributed by atoms with Gasteiger partial charge < -0.3 is 15.8 Å². The number of halogens is 1. The van der Waals surface area contributed by atoms with E-state index in [0.717, 1.165) is 25.7 Å². The zero-order valence-corrected chi connectivity index (χ0v) is 22.8. The van der Waals surface area contributed by atoms with Crippen LogP contribution in [0.2, 0.25) is 0 Å². The van der Waals surface area contributed by atoms with Crippen LogP contribution in [-0.4, -0.2) is 32.6 Å². The number of aromatic nitrogens is 4. The van der Waals surface area contributed by atoms with Crippen LogP contribution in [0.3, 0.4) is 0 Å². The van der Waals surface area contributed by atoms with Gasteiger partial charge in [0.1, 0.15) is 17.6 Å². The highest BCUT2D eigenvalue weighted by molar-refractivity contribution is 6.00. The van der Waals surface area contributed by atoms with Crippen LogP contribution >= 0.6 is 0 Å². The summed E-state index contributed by atoms with van der Waals surface area (Å²) in [6.45, 7) is 8.06. The molecule has 0 aromatic carbocycles. The first-order valence-electron chi connectivity index (χ1n) is 13.6. The molecule has 2 N–H and O–H groups in total. The summed E-state index contributed by atoms with van der Waals surface area (Å²) in [6, 6.07) is 5.64. The van der Waals surface area contributed by atoms with E-state index in [9.17, 15) is 14.8 Å². The number of aryl methyl sites for hydroxylation is 1. The number of rotatable bonds is 10. The third-order valence-corrected chi connectivity index (χ3v) is 7.58. The van der Waals surface area contributed by atoms with Gasteiger partial charge >= 0.3 is 0 Å². The number of carbonyl (C=O) groups is 2. The van der Waals surface area contributed by atoms with E-state index in [1.807, 2.05) is 13.8 Å². The normalized spacial score (nSPS) is 16.0. The van der Waals surface area contributed by atoms with Gasteiger partial charge in [-0.05, 0) is 80.5 Å². The minimum Gasteiger partial charge on any atom is -0.618 e. The molecular weight excluding hydrogens is 499 g/mol. The van der Waals surface area contributed by atoms with Crippen LogP contribution in [0.15, 0.2) is 36.7 Å². The number of nitrogens with one attached hydrogen (secondary N) is 2. The van der Waals surface area contributed by atoms with Crippen molar-refractivity contribution >= 4 is 17.6 Å².